The van der Waals surface area contributed by atoms with E-state index in [-0.39, 0.29) is 11.2 Å². The number of rotatable bonds is 8. The van der Waals surface area contributed by atoms with Gasteiger partial charge >= 0.3 is 0 Å². The van der Waals surface area contributed by atoms with Crippen molar-refractivity contribution in [1.82, 2.24) is 14.7 Å². The molecule has 0 bridgehead atoms. The maximum Gasteiger partial charge on any atom is 0.227 e. The van der Waals surface area contributed by atoms with Gasteiger partial charge in [0.1, 0.15) is 18.1 Å². The first kappa shape index (κ1) is 21.9. The first-order chi connectivity index (χ1) is 15.2. The van der Waals surface area contributed by atoms with E-state index >= 15 is 0 Å². The van der Waals surface area contributed by atoms with Crippen LogP contribution >= 0.6 is 0 Å². The Bertz CT molecular complexity index is 872. The number of hydrogen-bond acceptors (Lipinski definition) is 7. The fraction of sp³-hybridized carbons (Fsp3) is 0.542. The second-order valence-electron chi connectivity index (χ2n) is 8.46. The maximum atomic E-state index is 12.3. The van der Waals surface area contributed by atoms with Gasteiger partial charge in [0.25, 0.3) is 0 Å². The second kappa shape index (κ2) is 10.8. The van der Waals surface area contributed by atoms with Crippen LogP contribution in [0.25, 0.3) is 0 Å². The van der Waals surface area contributed by atoms with Crippen LogP contribution in [0.2, 0.25) is 0 Å². The standard InChI is InChI=1S/C24H33N3O4/c28-22-17-21(18-26-9-5-2-6-10-26)31-23(24(22)29)19-27-13-11-25(12-14-27)15-16-30-20-7-3-1-4-8-20/h1,3-4,7-8,17,29H,2,5-6,9-16,18-19H2. The number of benzene rings is 1. The molecule has 0 saturated carbocycles. The van der Waals surface area contributed by atoms with Gasteiger partial charge in [-0.25, -0.2) is 0 Å². The van der Waals surface area contributed by atoms with E-state index in [9.17, 15) is 9.90 Å². The average molecular weight is 428 g/mol. The van der Waals surface area contributed by atoms with Crippen molar-refractivity contribution in [3.05, 3.63) is 58.1 Å². The normalized spacial score (nSPS) is 18.8. The third-order valence-corrected chi connectivity index (χ3v) is 6.12. The molecule has 31 heavy (non-hydrogen) atoms. The van der Waals surface area contributed by atoms with Gasteiger partial charge in [-0.1, -0.05) is 24.6 Å². The molecular weight excluding hydrogens is 394 g/mol. The first-order valence-corrected chi connectivity index (χ1v) is 11.4. The fourth-order valence-corrected chi connectivity index (χ4v) is 4.29. The van der Waals surface area contributed by atoms with Gasteiger partial charge in [0.15, 0.2) is 5.76 Å². The Labute approximate surface area is 183 Å². The number of nitrogens with zero attached hydrogens (tertiary/aromatic N) is 3. The smallest absolute Gasteiger partial charge is 0.227 e. The summed E-state index contributed by atoms with van der Waals surface area (Å²) in [6.07, 6.45) is 3.65. The molecule has 0 amide bonds. The number of piperidine rings is 1. The third-order valence-electron chi connectivity index (χ3n) is 6.12. The Morgan fingerprint density at radius 2 is 1.55 bits per heavy atom. The summed E-state index contributed by atoms with van der Waals surface area (Å²) in [5.74, 6) is 1.69. The fourth-order valence-electron chi connectivity index (χ4n) is 4.29. The van der Waals surface area contributed by atoms with Crippen LogP contribution in [0.4, 0.5) is 0 Å². The molecule has 0 atom stereocenters. The van der Waals surface area contributed by atoms with E-state index in [0.29, 0.717) is 31.2 Å². The number of piperazine rings is 1. The van der Waals surface area contributed by atoms with Gasteiger partial charge < -0.3 is 14.3 Å². The predicted molar refractivity (Wildman–Crippen MR) is 119 cm³/mol. The summed E-state index contributed by atoms with van der Waals surface area (Å²) in [6.45, 7) is 8.31. The van der Waals surface area contributed by atoms with Crippen LogP contribution < -0.4 is 10.2 Å². The van der Waals surface area contributed by atoms with Crippen LogP contribution in [0.5, 0.6) is 11.5 Å². The second-order valence-corrected chi connectivity index (χ2v) is 8.46. The zero-order valence-electron chi connectivity index (χ0n) is 18.2. The minimum Gasteiger partial charge on any atom is -0.502 e. The lowest BCUT2D eigenvalue weighted by atomic mass is 10.1. The molecule has 2 aliphatic rings. The van der Waals surface area contributed by atoms with Gasteiger partial charge in [0, 0.05) is 38.8 Å². The summed E-state index contributed by atoms with van der Waals surface area (Å²) in [6, 6.07) is 11.3. The molecule has 1 aromatic heterocycles. The van der Waals surface area contributed by atoms with Gasteiger partial charge in [-0.3, -0.25) is 19.5 Å². The van der Waals surface area contributed by atoms with Crippen LogP contribution in [0, 0.1) is 0 Å². The Morgan fingerprint density at radius 3 is 2.29 bits per heavy atom. The lowest BCUT2D eigenvalue weighted by Crippen LogP contribution is -2.47. The van der Waals surface area contributed by atoms with Crippen molar-refractivity contribution in [3.8, 4) is 11.5 Å². The molecule has 0 spiro atoms. The molecule has 3 heterocycles. The number of aromatic hydroxyl groups is 1. The monoisotopic (exact) mass is 427 g/mol. The lowest BCUT2D eigenvalue weighted by molar-refractivity contribution is 0.104. The van der Waals surface area contributed by atoms with Gasteiger partial charge in [0.2, 0.25) is 11.2 Å². The number of hydrogen-bond donors (Lipinski definition) is 1. The maximum absolute atomic E-state index is 12.3. The highest BCUT2D eigenvalue weighted by atomic mass is 16.5. The van der Waals surface area contributed by atoms with Crippen LogP contribution in [0.1, 0.15) is 30.8 Å². The zero-order chi connectivity index (χ0) is 21.5. The first-order valence-electron chi connectivity index (χ1n) is 11.4. The number of ether oxygens (including phenoxy) is 1. The SMILES string of the molecule is O=c1cc(CN2CCCCC2)oc(CN2CCN(CCOc3ccccc3)CC2)c1O. The molecule has 2 fully saturated rings. The highest BCUT2D eigenvalue weighted by Crippen LogP contribution is 2.20. The van der Waals surface area contributed by atoms with E-state index < -0.39 is 0 Å². The van der Waals surface area contributed by atoms with E-state index in [1.165, 1.54) is 25.3 Å². The highest BCUT2D eigenvalue weighted by Gasteiger charge is 2.21. The molecule has 7 nitrogen and oxygen atoms in total. The largest absolute Gasteiger partial charge is 0.502 e. The van der Waals surface area contributed by atoms with Crippen molar-refractivity contribution in [1.29, 1.82) is 0 Å². The highest BCUT2D eigenvalue weighted by molar-refractivity contribution is 5.25. The van der Waals surface area contributed by atoms with Crippen LogP contribution in [0.15, 0.2) is 45.6 Å². The van der Waals surface area contributed by atoms with E-state index in [1.54, 1.807) is 0 Å². The quantitative estimate of drug-likeness (QED) is 0.694. The third kappa shape index (κ3) is 6.32. The summed E-state index contributed by atoms with van der Waals surface area (Å²) in [5.41, 5.74) is -0.343. The molecule has 2 saturated heterocycles. The van der Waals surface area contributed by atoms with Crippen molar-refractivity contribution < 1.29 is 14.3 Å². The molecule has 2 aromatic rings. The molecular formula is C24H33N3O4. The number of para-hydroxylation sites is 1. The molecule has 1 aromatic carbocycles. The minimum absolute atomic E-state index is 0.249. The predicted octanol–water partition coefficient (Wildman–Crippen LogP) is 2.53. The van der Waals surface area contributed by atoms with Crippen LogP contribution in [-0.4, -0.2) is 72.2 Å². The molecule has 168 valence electrons. The molecule has 0 unspecified atom stereocenters. The van der Waals surface area contributed by atoms with Gasteiger partial charge in [-0.15, -0.1) is 0 Å². The summed E-state index contributed by atoms with van der Waals surface area (Å²) in [7, 11) is 0. The molecule has 2 aliphatic heterocycles. The minimum atomic E-state index is -0.343. The molecule has 0 radical (unpaired) electrons. The molecule has 7 heteroatoms. The lowest BCUT2D eigenvalue weighted by Gasteiger charge is -2.34. The van der Waals surface area contributed by atoms with Crippen LogP contribution in [0.3, 0.4) is 0 Å². The van der Waals surface area contributed by atoms with Gasteiger partial charge in [0.05, 0.1) is 13.1 Å². The summed E-state index contributed by atoms with van der Waals surface area (Å²) in [5, 5.41) is 10.3. The van der Waals surface area contributed by atoms with Gasteiger partial charge in [-0.2, -0.15) is 0 Å². The summed E-state index contributed by atoms with van der Waals surface area (Å²) in [4.78, 5) is 19.2. The zero-order valence-corrected chi connectivity index (χ0v) is 18.2. The van der Waals surface area contributed by atoms with Crippen molar-refractivity contribution in [2.24, 2.45) is 0 Å². The summed E-state index contributed by atoms with van der Waals surface area (Å²) >= 11 is 0. The summed E-state index contributed by atoms with van der Waals surface area (Å²) < 4.78 is 11.8. The van der Waals surface area contributed by atoms with Gasteiger partial charge in [-0.05, 0) is 38.1 Å². The van der Waals surface area contributed by atoms with E-state index in [0.717, 1.165) is 51.6 Å². The Morgan fingerprint density at radius 1 is 0.871 bits per heavy atom. The van der Waals surface area contributed by atoms with Crippen molar-refractivity contribution in [2.45, 2.75) is 32.4 Å². The Kier molecular flexibility index (Phi) is 7.61. The van der Waals surface area contributed by atoms with Crippen molar-refractivity contribution in [2.75, 3.05) is 52.4 Å². The van der Waals surface area contributed by atoms with E-state index in [4.69, 9.17) is 9.15 Å². The molecule has 0 aliphatic carbocycles. The Balaban J connectivity index is 1.26. The Hall–Kier alpha value is -2.35. The van der Waals surface area contributed by atoms with E-state index in [2.05, 4.69) is 14.7 Å². The molecule has 1 N–H and O–H groups in total. The van der Waals surface area contributed by atoms with Crippen molar-refractivity contribution in [3.63, 3.8) is 0 Å². The van der Waals surface area contributed by atoms with Crippen molar-refractivity contribution >= 4 is 0 Å². The number of likely N-dealkylation sites (tertiary alicyclic amines) is 1. The van der Waals surface area contributed by atoms with Crippen LogP contribution in [-0.2, 0) is 13.1 Å². The topological polar surface area (TPSA) is 69.4 Å². The molecule has 4 rings (SSSR count). The average Bonchev–Trinajstić information content (AvgIpc) is 2.80. The van der Waals surface area contributed by atoms with E-state index in [1.807, 2.05) is 30.3 Å².